The third-order valence-electron chi connectivity index (χ3n) is 8.09. The number of fused-ring (bicyclic) bond motifs is 2. The van der Waals surface area contributed by atoms with Gasteiger partial charge < -0.3 is 27.0 Å². The first-order valence-electron chi connectivity index (χ1n) is 14.8. The van der Waals surface area contributed by atoms with Crippen LogP contribution in [0.2, 0.25) is 0 Å². The summed E-state index contributed by atoms with van der Waals surface area (Å²) in [6, 6.07) is 24.9. The van der Waals surface area contributed by atoms with Crippen LogP contribution in [0.1, 0.15) is 45.5 Å². The molecule has 0 saturated carbocycles. The van der Waals surface area contributed by atoms with E-state index in [0.29, 0.717) is 63.0 Å². The molecule has 43 heavy (non-hydrogen) atoms. The Bertz CT molecular complexity index is 1650. The molecule has 1 saturated heterocycles. The normalized spacial score (nSPS) is 17.0. The summed E-state index contributed by atoms with van der Waals surface area (Å²) < 4.78 is 0. The maximum atomic E-state index is 13.7. The van der Waals surface area contributed by atoms with Gasteiger partial charge in [0.25, 0.3) is 5.91 Å². The number of rotatable bonds is 11. The van der Waals surface area contributed by atoms with Crippen molar-refractivity contribution in [2.45, 2.75) is 37.8 Å². The van der Waals surface area contributed by atoms with E-state index in [1.54, 1.807) is 0 Å². The standard InChI is InChI=1S/C34H38N6O3/c35-34(36)37-17-5-10-31-33(43)40(18-15-25-13-12-24-7-3-4-9-29(24)30(25)22-41)19-16-28(39-31)21-38-32(42)27-14-11-23-6-1-2-8-26(23)20-27/h1-4,6-9,11-14,20,22,28,31,39H,5,10,15-19,21H2,(H,38,42)(H4,35,36,37)/t28-,31-/m0/s1. The molecule has 5 rings (SSSR count). The molecule has 0 unspecified atom stereocenters. The van der Waals surface area contributed by atoms with Gasteiger partial charge in [-0.25, -0.2) is 0 Å². The van der Waals surface area contributed by atoms with E-state index < -0.39 is 6.04 Å². The molecule has 0 aliphatic carbocycles. The van der Waals surface area contributed by atoms with Gasteiger partial charge in [0.2, 0.25) is 5.91 Å². The van der Waals surface area contributed by atoms with E-state index in [-0.39, 0.29) is 23.8 Å². The van der Waals surface area contributed by atoms with Crippen LogP contribution < -0.4 is 22.1 Å². The maximum Gasteiger partial charge on any atom is 0.251 e. The van der Waals surface area contributed by atoms with E-state index in [4.69, 9.17) is 11.5 Å². The average molecular weight is 579 g/mol. The molecular formula is C34H38N6O3. The zero-order chi connectivity index (χ0) is 30.2. The first-order valence-corrected chi connectivity index (χ1v) is 14.8. The molecule has 1 heterocycles. The maximum absolute atomic E-state index is 13.7. The molecule has 2 atom stereocenters. The second-order valence-corrected chi connectivity index (χ2v) is 11.0. The van der Waals surface area contributed by atoms with Crippen molar-refractivity contribution in [3.8, 4) is 0 Å². The molecule has 1 aliphatic heterocycles. The molecule has 0 spiro atoms. The van der Waals surface area contributed by atoms with Gasteiger partial charge in [0, 0.05) is 43.3 Å². The molecule has 0 bridgehead atoms. The van der Waals surface area contributed by atoms with E-state index >= 15 is 0 Å². The monoisotopic (exact) mass is 578 g/mol. The Balaban J connectivity index is 1.27. The van der Waals surface area contributed by atoms with Gasteiger partial charge in [0.05, 0.1) is 6.04 Å². The topological polar surface area (TPSA) is 143 Å². The highest BCUT2D eigenvalue weighted by atomic mass is 16.2. The van der Waals surface area contributed by atoms with Crippen molar-refractivity contribution in [2.24, 2.45) is 16.5 Å². The number of benzene rings is 4. The highest BCUT2D eigenvalue weighted by molar-refractivity contribution is 6.00. The zero-order valence-electron chi connectivity index (χ0n) is 24.2. The van der Waals surface area contributed by atoms with Crippen molar-refractivity contribution < 1.29 is 14.4 Å². The van der Waals surface area contributed by atoms with Crippen LogP contribution in [0.3, 0.4) is 0 Å². The van der Waals surface area contributed by atoms with Crippen LogP contribution in [0.5, 0.6) is 0 Å². The minimum Gasteiger partial charge on any atom is -0.370 e. The van der Waals surface area contributed by atoms with Crippen LogP contribution in [0, 0.1) is 0 Å². The molecule has 1 aliphatic rings. The number of nitrogens with zero attached hydrogens (tertiary/aromatic N) is 2. The third-order valence-corrected chi connectivity index (χ3v) is 8.09. The number of aldehydes is 1. The summed E-state index contributed by atoms with van der Waals surface area (Å²) in [5.41, 5.74) is 13.1. The van der Waals surface area contributed by atoms with Gasteiger partial charge in [0.1, 0.15) is 0 Å². The minimum atomic E-state index is -0.443. The lowest BCUT2D eigenvalue weighted by Crippen LogP contribution is -2.49. The number of amides is 2. The van der Waals surface area contributed by atoms with E-state index in [9.17, 15) is 14.4 Å². The van der Waals surface area contributed by atoms with Gasteiger partial charge in [-0.05, 0) is 64.9 Å². The third kappa shape index (κ3) is 7.37. The van der Waals surface area contributed by atoms with Crippen LogP contribution in [-0.4, -0.2) is 67.2 Å². The highest BCUT2D eigenvalue weighted by Crippen LogP contribution is 2.22. The van der Waals surface area contributed by atoms with Gasteiger partial charge >= 0.3 is 0 Å². The summed E-state index contributed by atoms with van der Waals surface area (Å²) in [5, 5.41) is 10.6. The molecule has 0 aromatic heterocycles. The molecule has 1 fully saturated rings. The van der Waals surface area contributed by atoms with E-state index in [1.165, 1.54) is 0 Å². The Morgan fingerprint density at radius 1 is 1.00 bits per heavy atom. The number of carbonyl (C=O) groups excluding carboxylic acids is 3. The lowest BCUT2D eigenvalue weighted by molar-refractivity contribution is -0.132. The number of nitrogens with two attached hydrogens (primary N) is 2. The molecule has 222 valence electrons. The van der Waals surface area contributed by atoms with Gasteiger partial charge in [0.15, 0.2) is 12.2 Å². The number of aliphatic imine (C=N–C) groups is 1. The summed E-state index contributed by atoms with van der Waals surface area (Å²) in [6.45, 7) is 1.84. The molecular weight excluding hydrogens is 540 g/mol. The molecule has 9 heteroatoms. The first-order chi connectivity index (χ1) is 20.9. The number of carbonyl (C=O) groups is 3. The first kappa shape index (κ1) is 29.7. The fourth-order valence-corrected chi connectivity index (χ4v) is 5.78. The van der Waals surface area contributed by atoms with Gasteiger partial charge in [-0.1, -0.05) is 66.7 Å². The summed E-state index contributed by atoms with van der Waals surface area (Å²) in [6.07, 6.45) is 3.33. The van der Waals surface area contributed by atoms with Crippen LogP contribution in [0.15, 0.2) is 83.9 Å². The number of nitrogens with one attached hydrogen (secondary N) is 2. The molecule has 4 aromatic rings. The van der Waals surface area contributed by atoms with Crippen LogP contribution in [-0.2, 0) is 11.2 Å². The summed E-state index contributed by atoms with van der Waals surface area (Å²) in [5.74, 6) is -0.124. The van der Waals surface area contributed by atoms with Crippen molar-refractivity contribution in [1.82, 2.24) is 15.5 Å². The Kier molecular flexibility index (Phi) is 9.63. The Morgan fingerprint density at radius 2 is 1.74 bits per heavy atom. The molecule has 6 N–H and O–H groups in total. The smallest absolute Gasteiger partial charge is 0.251 e. The van der Waals surface area contributed by atoms with Crippen LogP contribution in [0.4, 0.5) is 0 Å². The predicted octanol–water partition coefficient (Wildman–Crippen LogP) is 3.39. The number of guanidine groups is 1. The van der Waals surface area contributed by atoms with Crippen molar-refractivity contribution in [3.05, 3.63) is 95.6 Å². The van der Waals surface area contributed by atoms with E-state index in [2.05, 4.69) is 15.6 Å². The van der Waals surface area contributed by atoms with Crippen LogP contribution >= 0.6 is 0 Å². The second kappa shape index (κ2) is 13.9. The van der Waals surface area contributed by atoms with Crippen molar-refractivity contribution in [3.63, 3.8) is 0 Å². The summed E-state index contributed by atoms with van der Waals surface area (Å²) in [4.78, 5) is 44.7. The fourth-order valence-electron chi connectivity index (χ4n) is 5.78. The van der Waals surface area contributed by atoms with Crippen LogP contribution in [0.25, 0.3) is 21.5 Å². The van der Waals surface area contributed by atoms with Gasteiger partial charge in [-0.15, -0.1) is 0 Å². The molecule has 2 amide bonds. The van der Waals surface area contributed by atoms with Gasteiger partial charge in [-0.3, -0.25) is 19.4 Å². The zero-order valence-corrected chi connectivity index (χ0v) is 24.2. The number of hydrogen-bond donors (Lipinski definition) is 4. The summed E-state index contributed by atoms with van der Waals surface area (Å²) in [7, 11) is 0. The molecule has 9 nitrogen and oxygen atoms in total. The summed E-state index contributed by atoms with van der Waals surface area (Å²) >= 11 is 0. The largest absolute Gasteiger partial charge is 0.370 e. The van der Waals surface area contributed by atoms with Crippen molar-refractivity contribution >= 4 is 45.6 Å². The minimum absolute atomic E-state index is 0.00139. The lowest BCUT2D eigenvalue weighted by atomic mass is 9.97. The lowest BCUT2D eigenvalue weighted by Gasteiger charge is -2.25. The number of hydrogen-bond acceptors (Lipinski definition) is 5. The predicted molar refractivity (Wildman–Crippen MR) is 171 cm³/mol. The Labute approximate surface area is 251 Å². The molecule has 0 radical (unpaired) electrons. The van der Waals surface area contributed by atoms with E-state index in [1.807, 2.05) is 83.8 Å². The Morgan fingerprint density at radius 3 is 2.53 bits per heavy atom. The van der Waals surface area contributed by atoms with Gasteiger partial charge in [-0.2, -0.15) is 0 Å². The van der Waals surface area contributed by atoms with E-state index in [0.717, 1.165) is 33.4 Å². The van der Waals surface area contributed by atoms with Crippen molar-refractivity contribution in [2.75, 3.05) is 26.2 Å². The average Bonchev–Trinajstić information content (AvgIpc) is 3.18. The van der Waals surface area contributed by atoms with Crippen molar-refractivity contribution in [1.29, 1.82) is 0 Å². The Hall–Kier alpha value is -4.76. The second-order valence-electron chi connectivity index (χ2n) is 11.0. The fraction of sp³-hybridized carbons (Fsp3) is 0.294. The molecule has 4 aromatic carbocycles. The quantitative estimate of drug-likeness (QED) is 0.0930. The SMILES string of the molecule is NC(N)=NCCC[C@@H]1N[C@H](CNC(=O)c2ccc3ccccc3c2)CCN(CCc2ccc3ccccc3c2C=O)C1=O. The highest BCUT2D eigenvalue weighted by Gasteiger charge is 2.30.